The van der Waals surface area contributed by atoms with E-state index in [-0.39, 0.29) is 5.82 Å². The molecule has 0 N–H and O–H groups in total. The van der Waals surface area contributed by atoms with Crippen molar-refractivity contribution in [3.8, 4) is 0 Å². The summed E-state index contributed by atoms with van der Waals surface area (Å²) in [5.74, 6) is 0.176. The van der Waals surface area contributed by atoms with Crippen LogP contribution in [0.15, 0.2) is 17.5 Å². The van der Waals surface area contributed by atoms with E-state index in [4.69, 9.17) is 11.6 Å². The van der Waals surface area contributed by atoms with Gasteiger partial charge in [0.25, 0.3) is 0 Å². The standard InChI is InChI=1S/C11H10ClFS/c1-2-7-6-14-10-4-9(13)3-8(5-12)11(7)10/h3-4,6H,2,5H2,1H3. The largest absolute Gasteiger partial charge is 0.207 e. The molecule has 3 heteroatoms. The van der Waals surface area contributed by atoms with Gasteiger partial charge in [-0.1, -0.05) is 6.92 Å². The van der Waals surface area contributed by atoms with E-state index in [2.05, 4.69) is 12.3 Å². The number of thiophene rings is 1. The molecule has 0 atom stereocenters. The number of benzene rings is 1. The molecule has 2 rings (SSSR count). The molecule has 0 radical (unpaired) electrons. The average molecular weight is 229 g/mol. The Labute approximate surface area is 91.3 Å². The summed E-state index contributed by atoms with van der Waals surface area (Å²) in [7, 11) is 0. The van der Waals surface area contributed by atoms with E-state index >= 15 is 0 Å². The van der Waals surface area contributed by atoms with E-state index in [0.717, 1.165) is 22.1 Å². The van der Waals surface area contributed by atoms with Crippen molar-refractivity contribution in [2.45, 2.75) is 19.2 Å². The van der Waals surface area contributed by atoms with Crippen LogP contribution in [-0.4, -0.2) is 0 Å². The fourth-order valence-corrected chi connectivity index (χ4v) is 2.98. The van der Waals surface area contributed by atoms with E-state index in [1.54, 1.807) is 17.4 Å². The van der Waals surface area contributed by atoms with Gasteiger partial charge in [0.05, 0.1) is 0 Å². The highest BCUT2D eigenvalue weighted by atomic mass is 35.5. The van der Waals surface area contributed by atoms with E-state index in [1.165, 1.54) is 11.6 Å². The number of fused-ring (bicyclic) bond motifs is 1. The number of hydrogen-bond acceptors (Lipinski definition) is 1. The van der Waals surface area contributed by atoms with Crippen LogP contribution in [0.1, 0.15) is 18.1 Å². The molecule has 0 saturated heterocycles. The number of hydrogen-bond donors (Lipinski definition) is 0. The smallest absolute Gasteiger partial charge is 0.124 e. The lowest BCUT2D eigenvalue weighted by atomic mass is 10.1. The summed E-state index contributed by atoms with van der Waals surface area (Å²) in [4.78, 5) is 0. The van der Waals surface area contributed by atoms with Crippen molar-refractivity contribution in [3.63, 3.8) is 0 Å². The van der Waals surface area contributed by atoms with Crippen molar-refractivity contribution in [3.05, 3.63) is 34.5 Å². The Bertz CT molecular complexity index is 462. The zero-order chi connectivity index (χ0) is 10.1. The van der Waals surface area contributed by atoms with Gasteiger partial charge in [0.1, 0.15) is 5.82 Å². The molecule has 0 aliphatic rings. The molecule has 0 aliphatic carbocycles. The first kappa shape index (κ1) is 9.94. The molecule has 0 nitrogen and oxygen atoms in total. The van der Waals surface area contributed by atoms with Crippen LogP contribution in [0.3, 0.4) is 0 Å². The number of aryl methyl sites for hydroxylation is 1. The Balaban J connectivity index is 2.78. The van der Waals surface area contributed by atoms with Gasteiger partial charge in [-0.15, -0.1) is 22.9 Å². The third kappa shape index (κ3) is 1.53. The second kappa shape index (κ2) is 3.87. The molecule has 0 unspecified atom stereocenters. The van der Waals surface area contributed by atoms with Crippen molar-refractivity contribution in [2.24, 2.45) is 0 Å². The van der Waals surface area contributed by atoms with Crippen molar-refractivity contribution in [1.29, 1.82) is 0 Å². The van der Waals surface area contributed by atoms with E-state index in [9.17, 15) is 4.39 Å². The minimum atomic E-state index is -0.197. The second-order valence-corrected chi connectivity index (χ2v) is 4.36. The Morgan fingerprint density at radius 2 is 2.14 bits per heavy atom. The maximum absolute atomic E-state index is 13.1. The van der Waals surface area contributed by atoms with E-state index in [1.807, 2.05) is 0 Å². The molecule has 0 spiro atoms. The number of rotatable bonds is 2. The minimum Gasteiger partial charge on any atom is -0.207 e. The quantitative estimate of drug-likeness (QED) is 0.671. The van der Waals surface area contributed by atoms with Gasteiger partial charge in [-0.25, -0.2) is 4.39 Å². The first-order valence-electron chi connectivity index (χ1n) is 4.50. The zero-order valence-electron chi connectivity index (χ0n) is 7.81. The lowest BCUT2D eigenvalue weighted by Gasteiger charge is -2.01. The molecule has 2 aromatic rings. The van der Waals surface area contributed by atoms with Crippen LogP contribution in [0.2, 0.25) is 0 Å². The van der Waals surface area contributed by atoms with Crippen molar-refractivity contribution < 1.29 is 4.39 Å². The van der Waals surface area contributed by atoms with Crippen LogP contribution >= 0.6 is 22.9 Å². The first-order chi connectivity index (χ1) is 6.76. The van der Waals surface area contributed by atoms with Gasteiger partial charge in [-0.05, 0) is 35.1 Å². The monoisotopic (exact) mass is 228 g/mol. The van der Waals surface area contributed by atoms with Crippen molar-refractivity contribution in [2.75, 3.05) is 0 Å². The molecule has 0 bridgehead atoms. The molecule has 0 fully saturated rings. The Morgan fingerprint density at radius 1 is 1.36 bits per heavy atom. The van der Waals surface area contributed by atoms with Crippen LogP contribution in [0.4, 0.5) is 4.39 Å². The molecule has 74 valence electrons. The van der Waals surface area contributed by atoms with Gasteiger partial charge in [0, 0.05) is 16.0 Å². The maximum Gasteiger partial charge on any atom is 0.124 e. The SMILES string of the molecule is CCc1csc2cc(F)cc(CCl)c12. The number of halogens is 2. The summed E-state index contributed by atoms with van der Waals surface area (Å²) < 4.78 is 14.1. The summed E-state index contributed by atoms with van der Waals surface area (Å²) in [5, 5.41) is 3.23. The van der Waals surface area contributed by atoms with Gasteiger partial charge in [0.15, 0.2) is 0 Å². The molecule has 1 aromatic heterocycles. The van der Waals surface area contributed by atoms with Gasteiger partial charge in [0.2, 0.25) is 0 Å². The minimum absolute atomic E-state index is 0.197. The second-order valence-electron chi connectivity index (χ2n) is 3.19. The highest BCUT2D eigenvalue weighted by molar-refractivity contribution is 7.17. The zero-order valence-corrected chi connectivity index (χ0v) is 9.38. The lowest BCUT2D eigenvalue weighted by molar-refractivity contribution is 0.628. The molecular weight excluding hydrogens is 219 g/mol. The molecular formula is C11H10ClFS. The molecule has 0 saturated carbocycles. The Morgan fingerprint density at radius 3 is 2.79 bits per heavy atom. The summed E-state index contributed by atoms with van der Waals surface area (Å²) in [6.45, 7) is 2.10. The predicted molar refractivity (Wildman–Crippen MR) is 60.7 cm³/mol. The van der Waals surface area contributed by atoms with Gasteiger partial charge in [-0.3, -0.25) is 0 Å². The summed E-state index contributed by atoms with van der Waals surface area (Å²) in [6, 6.07) is 3.11. The average Bonchev–Trinajstić information content (AvgIpc) is 2.59. The van der Waals surface area contributed by atoms with E-state index < -0.39 is 0 Å². The highest BCUT2D eigenvalue weighted by Crippen LogP contribution is 2.31. The van der Waals surface area contributed by atoms with Crippen LogP contribution in [0.5, 0.6) is 0 Å². The van der Waals surface area contributed by atoms with E-state index in [0.29, 0.717) is 5.88 Å². The lowest BCUT2D eigenvalue weighted by Crippen LogP contribution is -1.85. The van der Waals surface area contributed by atoms with Crippen LogP contribution < -0.4 is 0 Å². The van der Waals surface area contributed by atoms with Gasteiger partial charge >= 0.3 is 0 Å². The van der Waals surface area contributed by atoms with Crippen LogP contribution in [0.25, 0.3) is 10.1 Å². The third-order valence-corrected chi connectivity index (χ3v) is 3.59. The maximum atomic E-state index is 13.1. The third-order valence-electron chi connectivity index (χ3n) is 2.32. The van der Waals surface area contributed by atoms with Crippen molar-refractivity contribution in [1.82, 2.24) is 0 Å². The molecule has 14 heavy (non-hydrogen) atoms. The molecule has 0 aliphatic heterocycles. The molecule has 0 amide bonds. The topological polar surface area (TPSA) is 0 Å². The highest BCUT2D eigenvalue weighted by Gasteiger charge is 2.09. The molecule has 1 heterocycles. The summed E-state index contributed by atoms with van der Waals surface area (Å²) >= 11 is 7.39. The molecule has 1 aromatic carbocycles. The Kier molecular flexibility index (Phi) is 2.75. The van der Waals surface area contributed by atoms with Gasteiger partial charge in [-0.2, -0.15) is 0 Å². The van der Waals surface area contributed by atoms with Crippen LogP contribution in [-0.2, 0) is 12.3 Å². The predicted octanol–water partition coefficient (Wildman–Crippen LogP) is 4.34. The fourth-order valence-electron chi connectivity index (χ4n) is 1.65. The summed E-state index contributed by atoms with van der Waals surface area (Å²) in [5.41, 5.74) is 2.17. The van der Waals surface area contributed by atoms with Crippen LogP contribution in [0, 0.1) is 5.82 Å². The first-order valence-corrected chi connectivity index (χ1v) is 5.92. The Hall–Kier alpha value is -0.600. The van der Waals surface area contributed by atoms with Gasteiger partial charge < -0.3 is 0 Å². The van der Waals surface area contributed by atoms with Crippen molar-refractivity contribution >= 4 is 33.0 Å². The normalized spacial score (nSPS) is 11.1. The summed E-state index contributed by atoms with van der Waals surface area (Å²) in [6.07, 6.45) is 0.968. The number of alkyl halides is 1. The fraction of sp³-hybridized carbons (Fsp3) is 0.273.